The van der Waals surface area contributed by atoms with E-state index >= 15 is 0 Å². The maximum atomic E-state index is 12.4. The van der Waals surface area contributed by atoms with Crippen molar-refractivity contribution >= 4 is 44.8 Å². The van der Waals surface area contributed by atoms with Gasteiger partial charge in [-0.2, -0.15) is 4.99 Å². The lowest BCUT2D eigenvalue weighted by Gasteiger charge is -2.05. The topological polar surface area (TPSA) is 60.7 Å². The first kappa shape index (κ1) is 18.5. The number of ether oxygens (including phenoxy) is 1. The number of nitrogens with zero attached hydrogens (tertiary/aromatic N) is 2. The number of carbonyl (C=O) groups excluding carboxylic acids is 2. The Balaban J connectivity index is 2.02. The minimum atomic E-state index is -0.334. The Morgan fingerprint density at radius 1 is 1.23 bits per heavy atom. The molecule has 3 aromatic rings. The van der Waals surface area contributed by atoms with E-state index in [0.717, 1.165) is 21.5 Å². The molecule has 0 radical (unpaired) electrons. The second kappa shape index (κ2) is 8.42. The highest BCUT2D eigenvalue weighted by Crippen LogP contribution is 2.20. The summed E-state index contributed by atoms with van der Waals surface area (Å²) in [6, 6.07) is 9.94. The molecule has 0 spiro atoms. The molecule has 3 rings (SSSR count). The molecule has 0 atom stereocenters. The zero-order valence-electron chi connectivity index (χ0n) is 14.7. The number of benzene rings is 1. The molecule has 0 N–H and O–H groups in total. The fourth-order valence-corrected chi connectivity index (χ4v) is 4.43. The van der Waals surface area contributed by atoms with E-state index in [4.69, 9.17) is 4.74 Å². The summed E-state index contributed by atoms with van der Waals surface area (Å²) in [5.41, 5.74) is 2.10. The monoisotopic (exact) mass is 388 g/mol. The molecule has 0 fully saturated rings. The molecule has 0 unspecified atom stereocenters. The van der Waals surface area contributed by atoms with Crippen molar-refractivity contribution in [1.82, 2.24) is 4.57 Å². The minimum absolute atomic E-state index is 0.0461. The van der Waals surface area contributed by atoms with E-state index in [0.29, 0.717) is 11.4 Å². The maximum absolute atomic E-state index is 12.4. The van der Waals surface area contributed by atoms with E-state index < -0.39 is 0 Å². The molecule has 2 aromatic heterocycles. The first-order chi connectivity index (χ1) is 12.6. The Labute approximate surface area is 159 Å². The van der Waals surface area contributed by atoms with Gasteiger partial charge in [-0.1, -0.05) is 30.4 Å². The van der Waals surface area contributed by atoms with Gasteiger partial charge >= 0.3 is 5.97 Å². The van der Waals surface area contributed by atoms with E-state index in [1.54, 1.807) is 11.5 Å². The number of fused-ring (bicyclic) bond motifs is 1. The van der Waals surface area contributed by atoms with Crippen LogP contribution in [-0.2, 0) is 33.7 Å². The van der Waals surface area contributed by atoms with E-state index in [2.05, 4.69) is 18.0 Å². The molecule has 1 aromatic carbocycles. The Bertz CT molecular complexity index is 984. The maximum Gasteiger partial charge on any atom is 0.326 e. The van der Waals surface area contributed by atoms with Crippen LogP contribution in [0.15, 0.2) is 40.7 Å². The molecule has 0 saturated heterocycles. The van der Waals surface area contributed by atoms with Gasteiger partial charge in [0, 0.05) is 4.88 Å². The number of hydrogen-bond acceptors (Lipinski definition) is 5. The molecule has 7 heteroatoms. The van der Waals surface area contributed by atoms with Crippen LogP contribution >= 0.6 is 22.7 Å². The van der Waals surface area contributed by atoms with Crippen LogP contribution in [0, 0.1) is 0 Å². The number of aromatic nitrogens is 1. The first-order valence-electron chi connectivity index (χ1n) is 8.48. The lowest BCUT2D eigenvalue weighted by Crippen LogP contribution is -2.23. The molecule has 0 aliphatic heterocycles. The molecule has 0 aliphatic rings. The van der Waals surface area contributed by atoms with E-state index in [1.807, 2.05) is 29.6 Å². The zero-order valence-corrected chi connectivity index (χ0v) is 16.4. The Hall–Kier alpha value is -2.25. The molecule has 1 amide bonds. The van der Waals surface area contributed by atoms with Crippen LogP contribution in [0.4, 0.5) is 0 Å². The third-order valence-corrected chi connectivity index (χ3v) is 5.79. The van der Waals surface area contributed by atoms with Gasteiger partial charge in [-0.15, -0.1) is 11.3 Å². The highest BCUT2D eigenvalue weighted by Gasteiger charge is 2.13. The smallest absolute Gasteiger partial charge is 0.326 e. The third-order valence-electron chi connectivity index (χ3n) is 3.87. The molecule has 2 heterocycles. The number of thiophene rings is 1. The van der Waals surface area contributed by atoms with Crippen molar-refractivity contribution < 1.29 is 14.3 Å². The zero-order chi connectivity index (χ0) is 18.5. The number of hydrogen-bond donors (Lipinski definition) is 0. The summed E-state index contributed by atoms with van der Waals surface area (Å²) < 4.78 is 7.85. The van der Waals surface area contributed by atoms with Gasteiger partial charge in [0.2, 0.25) is 0 Å². The molecule has 0 bridgehead atoms. The quantitative estimate of drug-likeness (QED) is 0.607. The summed E-state index contributed by atoms with van der Waals surface area (Å²) in [5, 5.41) is 1.94. The van der Waals surface area contributed by atoms with Crippen molar-refractivity contribution in [2.24, 2.45) is 4.99 Å². The fraction of sp³-hybridized carbons (Fsp3) is 0.316. The fourth-order valence-electron chi connectivity index (χ4n) is 2.62. The van der Waals surface area contributed by atoms with Gasteiger partial charge in [0.15, 0.2) is 4.80 Å². The van der Waals surface area contributed by atoms with Crippen molar-refractivity contribution in [3.63, 3.8) is 0 Å². The van der Waals surface area contributed by atoms with Crippen LogP contribution in [0.1, 0.15) is 24.3 Å². The average Bonchev–Trinajstić information content (AvgIpc) is 3.23. The predicted molar refractivity (Wildman–Crippen MR) is 104 cm³/mol. The number of rotatable bonds is 6. The second-order valence-electron chi connectivity index (χ2n) is 5.69. The van der Waals surface area contributed by atoms with Gasteiger partial charge in [-0.05, 0) is 42.5 Å². The minimum Gasteiger partial charge on any atom is -0.465 e. The van der Waals surface area contributed by atoms with Gasteiger partial charge in [-0.25, -0.2) is 0 Å². The number of carbonyl (C=O) groups is 2. The predicted octanol–water partition coefficient (Wildman–Crippen LogP) is 3.56. The van der Waals surface area contributed by atoms with Crippen molar-refractivity contribution in [1.29, 1.82) is 0 Å². The lowest BCUT2D eigenvalue weighted by molar-refractivity contribution is -0.143. The summed E-state index contributed by atoms with van der Waals surface area (Å²) in [6.07, 6.45) is 1.20. The van der Waals surface area contributed by atoms with Gasteiger partial charge in [-0.3, -0.25) is 9.59 Å². The highest BCUT2D eigenvalue weighted by atomic mass is 32.1. The van der Waals surface area contributed by atoms with Gasteiger partial charge in [0.1, 0.15) is 6.54 Å². The van der Waals surface area contributed by atoms with Crippen molar-refractivity contribution in [3.05, 3.63) is 51.0 Å². The Morgan fingerprint density at radius 2 is 2.08 bits per heavy atom. The van der Waals surface area contributed by atoms with E-state index in [-0.39, 0.29) is 24.8 Å². The second-order valence-corrected chi connectivity index (χ2v) is 7.73. The SMILES string of the molecule is CCOC(=O)Cn1c(=NC(=O)Cc2cccs2)sc2cc(CC)ccc21. The third kappa shape index (κ3) is 4.28. The Morgan fingerprint density at radius 3 is 2.77 bits per heavy atom. The normalized spacial score (nSPS) is 11.8. The molecule has 136 valence electrons. The van der Waals surface area contributed by atoms with Crippen LogP contribution in [0.3, 0.4) is 0 Å². The number of amides is 1. The largest absolute Gasteiger partial charge is 0.465 e. The van der Waals surface area contributed by atoms with Gasteiger partial charge in [0.25, 0.3) is 5.91 Å². The van der Waals surface area contributed by atoms with Crippen LogP contribution in [0.5, 0.6) is 0 Å². The molecular formula is C19H20N2O3S2. The van der Waals surface area contributed by atoms with Crippen LogP contribution in [-0.4, -0.2) is 23.1 Å². The van der Waals surface area contributed by atoms with Gasteiger partial charge in [0.05, 0.1) is 23.2 Å². The lowest BCUT2D eigenvalue weighted by atomic mass is 10.2. The molecule has 0 saturated carbocycles. The highest BCUT2D eigenvalue weighted by molar-refractivity contribution is 7.16. The first-order valence-corrected chi connectivity index (χ1v) is 10.2. The molecule has 26 heavy (non-hydrogen) atoms. The number of thiazole rings is 1. The summed E-state index contributed by atoms with van der Waals surface area (Å²) in [4.78, 5) is 30.2. The van der Waals surface area contributed by atoms with Crippen LogP contribution in [0.25, 0.3) is 10.2 Å². The average molecular weight is 389 g/mol. The summed E-state index contributed by atoms with van der Waals surface area (Å²) in [7, 11) is 0. The van der Waals surface area contributed by atoms with Crippen molar-refractivity contribution in [3.8, 4) is 0 Å². The number of esters is 1. The number of aryl methyl sites for hydroxylation is 1. The van der Waals surface area contributed by atoms with E-state index in [9.17, 15) is 9.59 Å². The van der Waals surface area contributed by atoms with E-state index in [1.165, 1.54) is 28.2 Å². The van der Waals surface area contributed by atoms with Crippen molar-refractivity contribution in [2.75, 3.05) is 6.61 Å². The molecule has 0 aliphatic carbocycles. The summed E-state index contributed by atoms with van der Waals surface area (Å²) in [6.45, 7) is 4.24. The van der Waals surface area contributed by atoms with Gasteiger partial charge < -0.3 is 9.30 Å². The molecule has 5 nitrogen and oxygen atoms in total. The summed E-state index contributed by atoms with van der Waals surface area (Å²) in [5.74, 6) is -0.550. The Kier molecular flexibility index (Phi) is 6.00. The standard InChI is InChI=1S/C19H20N2O3S2/c1-3-13-7-8-15-16(10-13)26-19(21(15)12-18(23)24-4-2)20-17(22)11-14-6-5-9-25-14/h5-10H,3-4,11-12H2,1-2H3. The van der Waals surface area contributed by atoms with Crippen molar-refractivity contribution in [2.45, 2.75) is 33.2 Å². The summed E-state index contributed by atoms with van der Waals surface area (Å²) >= 11 is 2.96. The van der Waals surface area contributed by atoms with Crippen LogP contribution < -0.4 is 4.80 Å². The van der Waals surface area contributed by atoms with Crippen LogP contribution in [0.2, 0.25) is 0 Å². The molecular weight excluding hydrogens is 368 g/mol.